The van der Waals surface area contributed by atoms with Crippen LogP contribution in [0.3, 0.4) is 0 Å². The van der Waals surface area contributed by atoms with Gasteiger partial charge in [0, 0.05) is 37.8 Å². The predicted molar refractivity (Wildman–Crippen MR) is 113 cm³/mol. The Kier molecular flexibility index (Phi) is 8.30. The molecule has 1 aromatic carbocycles. The van der Waals surface area contributed by atoms with E-state index in [9.17, 15) is 13.2 Å². The maximum absolute atomic E-state index is 13.0. The SMILES string of the molecule is CCCN(C(=O)c1ccc(S(=O)(=O)N2CCC(C)CC2)cc1)C1CCNC1.Cl. The van der Waals surface area contributed by atoms with Gasteiger partial charge < -0.3 is 10.2 Å². The van der Waals surface area contributed by atoms with Crippen LogP contribution in [0.5, 0.6) is 0 Å². The zero-order valence-electron chi connectivity index (χ0n) is 16.8. The summed E-state index contributed by atoms with van der Waals surface area (Å²) in [5, 5.41) is 3.31. The summed E-state index contributed by atoms with van der Waals surface area (Å²) in [6.07, 6.45) is 3.67. The second-order valence-corrected chi connectivity index (χ2v) is 9.69. The zero-order valence-corrected chi connectivity index (χ0v) is 18.4. The van der Waals surface area contributed by atoms with Crippen molar-refractivity contribution in [3.05, 3.63) is 29.8 Å². The number of sulfonamides is 1. The van der Waals surface area contributed by atoms with E-state index in [4.69, 9.17) is 0 Å². The van der Waals surface area contributed by atoms with E-state index in [1.807, 2.05) is 4.90 Å². The van der Waals surface area contributed by atoms with Crippen molar-refractivity contribution >= 4 is 28.3 Å². The van der Waals surface area contributed by atoms with Crippen LogP contribution in [0.4, 0.5) is 0 Å². The fourth-order valence-corrected chi connectivity index (χ4v) is 5.38. The van der Waals surface area contributed by atoms with Crippen molar-refractivity contribution in [3.8, 4) is 0 Å². The molecule has 0 aromatic heterocycles. The van der Waals surface area contributed by atoms with Gasteiger partial charge in [0.1, 0.15) is 0 Å². The molecule has 8 heteroatoms. The van der Waals surface area contributed by atoms with E-state index in [-0.39, 0.29) is 29.3 Å². The Morgan fingerprint density at radius 1 is 1.18 bits per heavy atom. The minimum atomic E-state index is -3.48. The number of benzene rings is 1. The van der Waals surface area contributed by atoms with Gasteiger partial charge in [-0.05, 0) is 62.4 Å². The lowest BCUT2D eigenvalue weighted by atomic mass is 10.0. The number of nitrogens with zero attached hydrogens (tertiary/aromatic N) is 2. The van der Waals surface area contributed by atoms with Crippen molar-refractivity contribution in [2.45, 2.75) is 50.5 Å². The van der Waals surface area contributed by atoms with Gasteiger partial charge in [0.2, 0.25) is 10.0 Å². The van der Waals surface area contributed by atoms with E-state index in [0.29, 0.717) is 24.6 Å². The molecule has 2 aliphatic heterocycles. The van der Waals surface area contributed by atoms with Crippen molar-refractivity contribution in [2.24, 2.45) is 5.92 Å². The minimum Gasteiger partial charge on any atom is -0.334 e. The molecule has 0 aliphatic carbocycles. The van der Waals surface area contributed by atoms with Crippen LogP contribution in [0.2, 0.25) is 0 Å². The lowest BCUT2D eigenvalue weighted by molar-refractivity contribution is 0.0692. The van der Waals surface area contributed by atoms with Crippen molar-refractivity contribution < 1.29 is 13.2 Å². The van der Waals surface area contributed by atoms with Crippen LogP contribution in [0, 0.1) is 5.92 Å². The Morgan fingerprint density at radius 2 is 1.82 bits per heavy atom. The fraction of sp³-hybridized carbons (Fsp3) is 0.650. The number of hydrogen-bond acceptors (Lipinski definition) is 4. The molecule has 28 heavy (non-hydrogen) atoms. The third kappa shape index (κ3) is 5.06. The largest absolute Gasteiger partial charge is 0.334 e. The summed E-state index contributed by atoms with van der Waals surface area (Å²) in [5.74, 6) is 0.562. The van der Waals surface area contributed by atoms with Crippen molar-refractivity contribution in [3.63, 3.8) is 0 Å². The van der Waals surface area contributed by atoms with Gasteiger partial charge in [-0.3, -0.25) is 4.79 Å². The molecule has 0 saturated carbocycles. The Balaban J connectivity index is 0.00000280. The van der Waals surface area contributed by atoms with Crippen LogP contribution < -0.4 is 5.32 Å². The predicted octanol–water partition coefficient (Wildman–Crippen LogP) is 2.74. The van der Waals surface area contributed by atoms with Gasteiger partial charge in [-0.25, -0.2) is 8.42 Å². The first-order chi connectivity index (χ1) is 12.9. The Bertz CT molecular complexity index is 740. The average molecular weight is 430 g/mol. The normalized spacial score (nSPS) is 21.3. The van der Waals surface area contributed by atoms with Crippen LogP contribution in [-0.2, 0) is 10.0 Å². The molecule has 0 bridgehead atoms. The lowest BCUT2D eigenvalue weighted by Crippen LogP contribution is -2.42. The molecule has 1 unspecified atom stereocenters. The number of halogens is 1. The molecule has 1 aromatic rings. The van der Waals surface area contributed by atoms with Crippen LogP contribution in [0.15, 0.2) is 29.2 Å². The van der Waals surface area contributed by atoms with Gasteiger partial charge in [0.25, 0.3) is 5.91 Å². The van der Waals surface area contributed by atoms with E-state index in [2.05, 4.69) is 19.2 Å². The van der Waals surface area contributed by atoms with Gasteiger partial charge >= 0.3 is 0 Å². The molecule has 2 heterocycles. The standard InChI is InChI=1S/C20H31N3O3S.ClH/c1-3-12-23(18-8-11-21-15-18)20(24)17-4-6-19(7-5-17)27(25,26)22-13-9-16(2)10-14-22;/h4-7,16,18,21H,3,8-15H2,1-2H3;1H. The quantitative estimate of drug-likeness (QED) is 0.754. The molecule has 2 saturated heterocycles. The summed E-state index contributed by atoms with van der Waals surface area (Å²) in [5.41, 5.74) is 0.557. The summed E-state index contributed by atoms with van der Waals surface area (Å²) < 4.78 is 27.3. The molecule has 1 N–H and O–H groups in total. The summed E-state index contributed by atoms with van der Waals surface area (Å²) in [6, 6.07) is 6.70. The first-order valence-corrected chi connectivity index (χ1v) is 11.5. The average Bonchev–Trinajstić information content (AvgIpc) is 3.20. The zero-order chi connectivity index (χ0) is 19.4. The fourth-order valence-electron chi connectivity index (χ4n) is 3.91. The Hall–Kier alpha value is -1.15. The van der Waals surface area contributed by atoms with Gasteiger partial charge in [-0.1, -0.05) is 13.8 Å². The smallest absolute Gasteiger partial charge is 0.254 e. The number of piperidine rings is 1. The number of amides is 1. The highest BCUT2D eigenvalue weighted by molar-refractivity contribution is 7.89. The number of carbonyl (C=O) groups is 1. The third-order valence-corrected chi connectivity index (χ3v) is 7.59. The van der Waals surface area contributed by atoms with Crippen LogP contribution in [0.1, 0.15) is 49.9 Å². The molecular formula is C20H32ClN3O3S. The Morgan fingerprint density at radius 3 is 2.36 bits per heavy atom. The molecule has 158 valence electrons. The van der Waals surface area contributed by atoms with Crippen LogP contribution >= 0.6 is 12.4 Å². The van der Waals surface area contributed by atoms with Gasteiger partial charge in [-0.15, -0.1) is 12.4 Å². The molecule has 2 aliphatic rings. The molecular weight excluding hydrogens is 398 g/mol. The molecule has 0 radical (unpaired) electrons. The van der Waals surface area contributed by atoms with Crippen molar-refractivity contribution in [1.82, 2.24) is 14.5 Å². The van der Waals surface area contributed by atoms with Crippen LogP contribution in [0.25, 0.3) is 0 Å². The first kappa shape index (κ1) is 23.1. The second-order valence-electron chi connectivity index (χ2n) is 7.76. The van der Waals surface area contributed by atoms with E-state index in [0.717, 1.165) is 45.3 Å². The molecule has 0 spiro atoms. The van der Waals surface area contributed by atoms with E-state index < -0.39 is 10.0 Å². The topological polar surface area (TPSA) is 69.7 Å². The van der Waals surface area contributed by atoms with Gasteiger partial charge in [0.05, 0.1) is 4.90 Å². The van der Waals surface area contributed by atoms with Crippen LogP contribution in [-0.4, -0.2) is 62.3 Å². The highest BCUT2D eigenvalue weighted by Gasteiger charge is 2.29. The number of nitrogens with one attached hydrogen (secondary N) is 1. The maximum Gasteiger partial charge on any atom is 0.254 e. The van der Waals surface area contributed by atoms with E-state index in [1.54, 1.807) is 28.6 Å². The molecule has 6 nitrogen and oxygen atoms in total. The second kappa shape index (κ2) is 10.1. The summed E-state index contributed by atoms with van der Waals surface area (Å²) >= 11 is 0. The monoisotopic (exact) mass is 429 g/mol. The molecule has 1 atom stereocenters. The Labute approximate surface area is 175 Å². The number of carbonyl (C=O) groups excluding carboxylic acids is 1. The van der Waals surface area contributed by atoms with E-state index >= 15 is 0 Å². The third-order valence-electron chi connectivity index (χ3n) is 5.68. The first-order valence-electron chi connectivity index (χ1n) is 10.1. The number of hydrogen-bond donors (Lipinski definition) is 1. The number of rotatable bonds is 6. The minimum absolute atomic E-state index is 0. The summed E-state index contributed by atoms with van der Waals surface area (Å²) in [7, 11) is -3.48. The molecule has 3 rings (SSSR count). The lowest BCUT2D eigenvalue weighted by Gasteiger charge is -2.30. The highest BCUT2D eigenvalue weighted by Crippen LogP contribution is 2.24. The van der Waals surface area contributed by atoms with Gasteiger partial charge in [-0.2, -0.15) is 4.31 Å². The summed E-state index contributed by atoms with van der Waals surface area (Å²) in [4.78, 5) is 15.2. The maximum atomic E-state index is 13.0. The van der Waals surface area contributed by atoms with E-state index in [1.165, 1.54) is 0 Å². The molecule has 1 amide bonds. The molecule has 2 fully saturated rings. The van der Waals surface area contributed by atoms with Crippen molar-refractivity contribution in [2.75, 3.05) is 32.7 Å². The van der Waals surface area contributed by atoms with Crippen molar-refractivity contribution in [1.29, 1.82) is 0 Å². The highest BCUT2D eigenvalue weighted by atomic mass is 35.5. The van der Waals surface area contributed by atoms with Gasteiger partial charge in [0.15, 0.2) is 0 Å². The summed E-state index contributed by atoms with van der Waals surface area (Å²) in [6.45, 7) is 7.85.